The Morgan fingerprint density at radius 3 is 2.82 bits per heavy atom. The molecule has 0 spiro atoms. The standard InChI is InChI=1S/C8H9NOS/c1-5-7(4-10)11-8(9-5)6-2-3-6/h4,6H,2-3H2,1H3. The molecule has 0 unspecified atom stereocenters. The fourth-order valence-corrected chi connectivity index (χ4v) is 2.10. The molecule has 1 fully saturated rings. The van der Waals surface area contributed by atoms with Crippen molar-refractivity contribution in [3.05, 3.63) is 15.6 Å². The predicted molar refractivity (Wildman–Crippen MR) is 44.2 cm³/mol. The normalized spacial score (nSPS) is 16.8. The van der Waals surface area contributed by atoms with Gasteiger partial charge in [0.05, 0.1) is 15.6 Å². The summed E-state index contributed by atoms with van der Waals surface area (Å²) in [6.45, 7) is 1.89. The Bertz CT molecular complexity index is 288. The molecule has 0 aliphatic heterocycles. The Kier molecular flexibility index (Phi) is 1.53. The molecule has 0 N–H and O–H groups in total. The minimum Gasteiger partial charge on any atom is -0.297 e. The Labute approximate surface area is 69.3 Å². The van der Waals surface area contributed by atoms with Crippen molar-refractivity contribution < 1.29 is 4.79 Å². The van der Waals surface area contributed by atoms with Crippen LogP contribution in [0.1, 0.15) is 39.1 Å². The van der Waals surface area contributed by atoms with Crippen molar-refractivity contribution in [2.75, 3.05) is 0 Å². The highest BCUT2D eigenvalue weighted by Crippen LogP contribution is 2.42. The average molecular weight is 167 g/mol. The minimum atomic E-state index is 0.674. The minimum absolute atomic E-state index is 0.674. The molecule has 1 aromatic heterocycles. The molecule has 1 aliphatic carbocycles. The molecule has 0 atom stereocenters. The first kappa shape index (κ1) is 6.98. The second-order valence-electron chi connectivity index (χ2n) is 2.89. The Hall–Kier alpha value is -0.700. The molecule has 0 aromatic carbocycles. The Balaban J connectivity index is 2.35. The third-order valence-electron chi connectivity index (χ3n) is 1.88. The number of aromatic nitrogens is 1. The van der Waals surface area contributed by atoms with Gasteiger partial charge >= 0.3 is 0 Å². The number of carbonyl (C=O) groups is 1. The lowest BCUT2D eigenvalue weighted by Crippen LogP contribution is -1.78. The van der Waals surface area contributed by atoms with Gasteiger partial charge < -0.3 is 0 Å². The van der Waals surface area contributed by atoms with Gasteiger partial charge in [0.2, 0.25) is 0 Å². The van der Waals surface area contributed by atoms with Crippen LogP contribution in [0.25, 0.3) is 0 Å². The van der Waals surface area contributed by atoms with Crippen LogP contribution < -0.4 is 0 Å². The first-order chi connectivity index (χ1) is 5.31. The van der Waals surface area contributed by atoms with Gasteiger partial charge in [-0.1, -0.05) is 0 Å². The molecule has 1 heterocycles. The van der Waals surface area contributed by atoms with E-state index in [-0.39, 0.29) is 0 Å². The molecule has 3 heteroatoms. The summed E-state index contributed by atoms with van der Waals surface area (Å²) in [7, 11) is 0. The van der Waals surface area contributed by atoms with Crippen molar-refractivity contribution in [2.45, 2.75) is 25.7 Å². The summed E-state index contributed by atoms with van der Waals surface area (Å²) in [5.41, 5.74) is 0.895. The maximum absolute atomic E-state index is 10.5. The number of carbonyl (C=O) groups excluding carboxylic acids is 1. The second kappa shape index (κ2) is 2.41. The first-order valence-electron chi connectivity index (χ1n) is 3.74. The monoisotopic (exact) mass is 167 g/mol. The van der Waals surface area contributed by atoms with Crippen LogP contribution in [-0.2, 0) is 0 Å². The van der Waals surface area contributed by atoms with Crippen molar-refractivity contribution in [3.63, 3.8) is 0 Å². The molecule has 1 saturated carbocycles. The third-order valence-corrected chi connectivity index (χ3v) is 3.13. The van der Waals surface area contributed by atoms with Crippen molar-refractivity contribution in [1.29, 1.82) is 0 Å². The number of aryl methyl sites for hydroxylation is 1. The zero-order chi connectivity index (χ0) is 7.84. The number of rotatable bonds is 2. The van der Waals surface area contributed by atoms with E-state index in [1.165, 1.54) is 12.8 Å². The zero-order valence-electron chi connectivity index (χ0n) is 6.33. The highest BCUT2D eigenvalue weighted by molar-refractivity contribution is 7.13. The number of nitrogens with zero attached hydrogens (tertiary/aromatic N) is 1. The summed E-state index contributed by atoms with van der Waals surface area (Å²) in [5, 5.41) is 1.16. The number of thiazole rings is 1. The van der Waals surface area contributed by atoms with Gasteiger partial charge in [-0.25, -0.2) is 4.98 Å². The van der Waals surface area contributed by atoms with Crippen LogP contribution in [0.2, 0.25) is 0 Å². The summed E-state index contributed by atoms with van der Waals surface area (Å²) >= 11 is 1.55. The molecule has 11 heavy (non-hydrogen) atoms. The quantitative estimate of drug-likeness (QED) is 0.632. The van der Waals surface area contributed by atoms with Crippen molar-refractivity contribution in [1.82, 2.24) is 4.98 Å². The summed E-state index contributed by atoms with van der Waals surface area (Å²) < 4.78 is 0. The van der Waals surface area contributed by atoms with Crippen LogP contribution >= 0.6 is 11.3 Å². The molecule has 0 saturated heterocycles. The largest absolute Gasteiger partial charge is 0.297 e. The van der Waals surface area contributed by atoms with E-state index in [0.29, 0.717) is 5.92 Å². The van der Waals surface area contributed by atoms with E-state index in [0.717, 1.165) is 21.9 Å². The molecule has 1 aromatic rings. The van der Waals surface area contributed by atoms with Crippen LogP contribution in [0.15, 0.2) is 0 Å². The molecule has 58 valence electrons. The molecule has 0 bridgehead atoms. The molecule has 2 rings (SSSR count). The SMILES string of the molecule is Cc1nc(C2CC2)sc1C=O. The summed E-state index contributed by atoms with van der Waals surface area (Å²) in [6.07, 6.45) is 3.41. The van der Waals surface area contributed by atoms with Crippen LogP contribution in [0.5, 0.6) is 0 Å². The van der Waals surface area contributed by atoms with E-state index >= 15 is 0 Å². The molecular formula is C8H9NOS. The fourth-order valence-electron chi connectivity index (χ4n) is 1.04. The summed E-state index contributed by atoms with van der Waals surface area (Å²) in [5.74, 6) is 0.674. The van der Waals surface area contributed by atoms with E-state index in [1.807, 2.05) is 6.92 Å². The lowest BCUT2D eigenvalue weighted by atomic mass is 10.4. The molecule has 2 nitrogen and oxygen atoms in total. The molecule has 0 radical (unpaired) electrons. The highest BCUT2D eigenvalue weighted by atomic mass is 32.1. The number of hydrogen-bond donors (Lipinski definition) is 0. The van der Waals surface area contributed by atoms with Crippen molar-refractivity contribution >= 4 is 17.6 Å². The van der Waals surface area contributed by atoms with Gasteiger partial charge in [-0.15, -0.1) is 11.3 Å². The number of aldehydes is 1. The van der Waals surface area contributed by atoms with Crippen molar-refractivity contribution in [3.8, 4) is 0 Å². The van der Waals surface area contributed by atoms with Crippen molar-refractivity contribution in [2.24, 2.45) is 0 Å². The van der Waals surface area contributed by atoms with E-state index in [2.05, 4.69) is 4.98 Å². The first-order valence-corrected chi connectivity index (χ1v) is 4.55. The third kappa shape index (κ3) is 1.20. The van der Waals surface area contributed by atoms with Gasteiger partial charge in [0, 0.05) is 5.92 Å². The van der Waals surface area contributed by atoms with Crippen LogP contribution in [0.3, 0.4) is 0 Å². The van der Waals surface area contributed by atoms with E-state index in [4.69, 9.17) is 0 Å². The highest BCUT2D eigenvalue weighted by Gasteiger charge is 2.27. The maximum Gasteiger partial charge on any atom is 0.161 e. The Morgan fingerprint density at radius 2 is 2.36 bits per heavy atom. The van der Waals surface area contributed by atoms with Crippen LogP contribution in [0, 0.1) is 6.92 Å². The lowest BCUT2D eigenvalue weighted by molar-refractivity contribution is 0.112. The lowest BCUT2D eigenvalue weighted by Gasteiger charge is -1.82. The summed E-state index contributed by atoms with van der Waals surface area (Å²) in [4.78, 5) is 15.6. The van der Waals surface area contributed by atoms with E-state index < -0.39 is 0 Å². The van der Waals surface area contributed by atoms with Gasteiger partial charge in [-0.3, -0.25) is 4.79 Å². The summed E-state index contributed by atoms with van der Waals surface area (Å²) in [6, 6.07) is 0. The zero-order valence-corrected chi connectivity index (χ0v) is 7.15. The molecule has 0 amide bonds. The fraction of sp³-hybridized carbons (Fsp3) is 0.500. The van der Waals surface area contributed by atoms with Gasteiger partial charge in [-0.05, 0) is 19.8 Å². The second-order valence-corrected chi connectivity index (χ2v) is 3.96. The maximum atomic E-state index is 10.5. The van der Waals surface area contributed by atoms with E-state index in [9.17, 15) is 4.79 Å². The van der Waals surface area contributed by atoms with Crippen LogP contribution in [-0.4, -0.2) is 11.3 Å². The number of hydrogen-bond acceptors (Lipinski definition) is 3. The van der Waals surface area contributed by atoms with Gasteiger partial charge in [0.1, 0.15) is 0 Å². The smallest absolute Gasteiger partial charge is 0.161 e. The Morgan fingerprint density at radius 1 is 1.64 bits per heavy atom. The van der Waals surface area contributed by atoms with Gasteiger partial charge in [0.15, 0.2) is 6.29 Å². The van der Waals surface area contributed by atoms with Gasteiger partial charge in [0.25, 0.3) is 0 Å². The predicted octanol–water partition coefficient (Wildman–Crippen LogP) is 2.14. The van der Waals surface area contributed by atoms with E-state index in [1.54, 1.807) is 11.3 Å². The molecule has 1 aliphatic rings. The molecular weight excluding hydrogens is 158 g/mol. The average Bonchev–Trinajstić information content (AvgIpc) is 2.76. The van der Waals surface area contributed by atoms with Gasteiger partial charge in [-0.2, -0.15) is 0 Å². The van der Waals surface area contributed by atoms with Crippen LogP contribution in [0.4, 0.5) is 0 Å². The topological polar surface area (TPSA) is 30.0 Å².